The number of nitrogens with zero attached hydrogens (tertiary/aromatic N) is 1. The van der Waals surface area contributed by atoms with Crippen LogP contribution in [0.1, 0.15) is 11.3 Å². The third-order valence-corrected chi connectivity index (χ3v) is 3.46. The Bertz CT molecular complexity index is 802. The first-order chi connectivity index (χ1) is 9.79. The van der Waals surface area contributed by atoms with Gasteiger partial charge in [-0.05, 0) is 18.2 Å². The Morgan fingerprint density at radius 2 is 1.85 bits per heavy atom. The molecule has 0 aliphatic carbocycles. The van der Waals surface area contributed by atoms with Crippen LogP contribution in [0.5, 0.6) is 0 Å². The van der Waals surface area contributed by atoms with Gasteiger partial charge in [0.15, 0.2) is 0 Å². The molecule has 0 fully saturated rings. The molecule has 4 heteroatoms. The third-order valence-electron chi connectivity index (χ3n) is 3.13. The Kier molecular flexibility index (Phi) is 3.32. The maximum Gasteiger partial charge on any atom is 0.209 e. The van der Waals surface area contributed by atoms with Crippen molar-refractivity contribution in [2.45, 2.75) is 6.54 Å². The van der Waals surface area contributed by atoms with Crippen LogP contribution in [0.3, 0.4) is 0 Å². The van der Waals surface area contributed by atoms with E-state index in [9.17, 15) is 5.26 Å². The molecule has 98 valence electrons. The lowest BCUT2D eigenvalue weighted by Gasteiger charge is -2.07. The number of hydrogen-bond donors (Lipinski definition) is 1. The lowest BCUT2D eigenvalue weighted by molar-refractivity contribution is 0.594. The molecule has 0 amide bonds. The van der Waals surface area contributed by atoms with Crippen molar-refractivity contribution in [3.8, 4) is 6.07 Å². The fourth-order valence-corrected chi connectivity index (χ4v) is 2.36. The van der Waals surface area contributed by atoms with Crippen molar-refractivity contribution < 1.29 is 4.42 Å². The van der Waals surface area contributed by atoms with Crippen LogP contribution in [-0.2, 0) is 6.54 Å². The van der Waals surface area contributed by atoms with E-state index in [0.717, 1.165) is 22.2 Å². The number of fused-ring (bicyclic) bond motifs is 1. The Hall–Kier alpha value is -2.44. The highest BCUT2D eigenvalue weighted by Gasteiger charge is 2.13. The highest BCUT2D eigenvalue weighted by atomic mass is 35.5. The van der Waals surface area contributed by atoms with Gasteiger partial charge in [-0.25, -0.2) is 0 Å². The molecule has 3 nitrogen and oxygen atoms in total. The molecule has 0 unspecified atom stereocenters. The van der Waals surface area contributed by atoms with Gasteiger partial charge in [-0.3, -0.25) is 0 Å². The standard InChI is InChI=1S/C16H11ClN2O/c17-13-6-2-3-7-14(13)19-10-12-11-5-1-4-8-15(11)20-16(12)9-18/h1-8,19H,10H2. The Morgan fingerprint density at radius 3 is 2.65 bits per heavy atom. The highest BCUT2D eigenvalue weighted by molar-refractivity contribution is 6.33. The van der Waals surface area contributed by atoms with Crippen LogP contribution in [0.15, 0.2) is 52.9 Å². The lowest BCUT2D eigenvalue weighted by atomic mass is 10.1. The van der Waals surface area contributed by atoms with Gasteiger partial charge in [0, 0.05) is 17.5 Å². The number of halogens is 1. The molecule has 0 aliphatic heterocycles. The van der Waals surface area contributed by atoms with Gasteiger partial charge in [-0.15, -0.1) is 0 Å². The first-order valence-electron chi connectivity index (χ1n) is 6.18. The van der Waals surface area contributed by atoms with Gasteiger partial charge in [0.1, 0.15) is 11.7 Å². The van der Waals surface area contributed by atoms with Crippen LogP contribution in [0, 0.1) is 11.3 Å². The molecule has 0 aliphatic rings. The predicted octanol–water partition coefficient (Wildman–Crippen LogP) is 4.57. The normalized spacial score (nSPS) is 10.4. The lowest BCUT2D eigenvalue weighted by Crippen LogP contribution is -2.00. The van der Waals surface area contributed by atoms with E-state index in [0.29, 0.717) is 17.3 Å². The van der Waals surface area contributed by atoms with Gasteiger partial charge in [-0.2, -0.15) is 5.26 Å². The van der Waals surface area contributed by atoms with Crippen LogP contribution in [-0.4, -0.2) is 0 Å². The number of nitrogens with one attached hydrogen (secondary N) is 1. The smallest absolute Gasteiger partial charge is 0.209 e. The molecular formula is C16H11ClN2O. The van der Waals surface area contributed by atoms with Crippen molar-refractivity contribution in [1.82, 2.24) is 0 Å². The van der Waals surface area contributed by atoms with E-state index in [1.807, 2.05) is 48.5 Å². The summed E-state index contributed by atoms with van der Waals surface area (Å²) in [4.78, 5) is 0. The average Bonchev–Trinajstić information content (AvgIpc) is 2.84. The molecule has 0 spiro atoms. The average molecular weight is 283 g/mol. The minimum Gasteiger partial charge on any atom is -0.445 e. The summed E-state index contributed by atoms with van der Waals surface area (Å²) in [5.41, 5.74) is 2.41. The van der Waals surface area contributed by atoms with Gasteiger partial charge in [0.05, 0.1) is 10.7 Å². The van der Waals surface area contributed by atoms with Gasteiger partial charge in [-0.1, -0.05) is 41.9 Å². The van der Waals surface area contributed by atoms with Gasteiger partial charge < -0.3 is 9.73 Å². The van der Waals surface area contributed by atoms with Crippen molar-refractivity contribution in [3.63, 3.8) is 0 Å². The number of furan rings is 1. The summed E-state index contributed by atoms with van der Waals surface area (Å²) in [6.07, 6.45) is 0. The van der Waals surface area contributed by atoms with Crippen LogP contribution in [0.25, 0.3) is 11.0 Å². The van der Waals surface area contributed by atoms with Gasteiger partial charge >= 0.3 is 0 Å². The van der Waals surface area contributed by atoms with Crippen molar-refractivity contribution in [1.29, 1.82) is 5.26 Å². The summed E-state index contributed by atoms with van der Waals surface area (Å²) in [5, 5.41) is 14.0. The topological polar surface area (TPSA) is 49.0 Å². The summed E-state index contributed by atoms with van der Waals surface area (Å²) in [7, 11) is 0. The van der Waals surface area contributed by atoms with Crippen LogP contribution in [0.4, 0.5) is 5.69 Å². The summed E-state index contributed by atoms with van der Waals surface area (Å²) in [6.45, 7) is 0.490. The SMILES string of the molecule is N#Cc1oc2ccccc2c1CNc1ccccc1Cl. The van der Waals surface area contributed by atoms with Crippen molar-refractivity contribution >= 4 is 28.3 Å². The second-order valence-electron chi connectivity index (χ2n) is 4.35. The van der Waals surface area contributed by atoms with E-state index < -0.39 is 0 Å². The highest BCUT2D eigenvalue weighted by Crippen LogP contribution is 2.27. The monoisotopic (exact) mass is 282 g/mol. The van der Waals surface area contributed by atoms with E-state index in [-0.39, 0.29) is 0 Å². The molecule has 1 N–H and O–H groups in total. The van der Waals surface area contributed by atoms with Crippen molar-refractivity contribution in [3.05, 3.63) is 64.9 Å². The maximum absolute atomic E-state index is 9.17. The zero-order chi connectivity index (χ0) is 13.9. The quantitative estimate of drug-likeness (QED) is 0.765. The molecule has 3 rings (SSSR count). The maximum atomic E-state index is 9.17. The summed E-state index contributed by atoms with van der Waals surface area (Å²) in [6, 6.07) is 17.2. The number of anilines is 1. The first-order valence-corrected chi connectivity index (χ1v) is 6.56. The zero-order valence-electron chi connectivity index (χ0n) is 10.6. The fourth-order valence-electron chi connectivity index (χ4n) is 2.15. The van der Waals surface area contributed by atoms with E-state index in [1.54, 1.807) is 0 Å². The third kappa shape index (κ3) is 2.22. The fraction of sp³-hybridized carbons (Fsp3) is 0.0625. The molecule has 0 bridgehead atoms. The molecule has 1 aromatic heterocycles. The second-order valence-corrected chi connectivity index (χ2v) is 4.76. The van der Waals surface area contributed by atoms with Gasteiger partial charge in [0.25, 0.3) is 0 Å². The minimum absolute atomic E-state index is 0.339. The minimum atomic E-state index is 0.339. The van der Waals surface area contributed by atoms with Crippen molar-refractivity contribution in [2.75, 3.05) is 5.32 Å². The van der Waals surface area contributed by atoms with Crippen molar-refractivity contribution in [2.24, 2.45) is 0 Å². The van der Waals surface area contributed by atoms with Crippen LogP contribution in [0.2, 0.25) is 5.02 Å². The molecule has 2 aromatic carbocycles. The molecular weight excluding hydrogens is 272 g/mol. The Balaban J connectivity index is 1.95. The largest absolute Gasteiger partial charge is 0.445 e. The van der Waals surface area contributed by atoms with Crippen LogP contribution < -0.4 is 5.32 Å². The van der Waals surface area contributed by atoms with Gasteiger partial charge in [0.2, 0.25) is 5.76 Å². The number of benzene rings is 2. The number of nitriles is 1. The van der Waals surface area contributed by atoms with Crippen LogP contribution >= 0.6 is 11.6 Å². The molecule has 0 saturated heterocycles. The second kappa shape index (κ2) is 5.28. The summed E-state index contributed by atoms with van der Waals surface area (Å²) in [5.74, 6) is 0.339. The Labute approximate surface area is 121 Å². The number of para-hydroxylation sites is 2. The molecule has 0 saturated carbocycles. The zero-order valence-corrected chi connectivity index (χ0v) is 11.3. The van der Waals surface area contributed by atoms with E-state index >= 15 is 0 Å². The van der Waals surface area contributed by atoms with E-state index in [4.69, 9.17) is 16.0 Å². The molecule has 0 atom stereocenters. The Morgan fingerprint density at radius 1 is 1.10 bits per heavy atom. The van der Waals surface area contributed by atoms with E-state index in [2.05, 4.69) is 11.4 Å². The molecule has 20 heavy (non-hydrogen) atoms. The van der Waals surface area contributed by atoms with E-state index in [1.165, 1.54) is 0 Å². The predicted molar refractivity (Wildman–Crippen MR) is 79.7 cm³/mol. The molecule has 3 aromatic rings. The molecule has 1 heterocycles. The summed E-state index contributed by atoms with van der Waals surface area (Å²) >= 11 is 6.11. The summed E-state index contributed by atoms with van der Waals surface area (Å²) < 4.78 is 5.53. The number of rotatable bonds is 3. The number of hydrogen-bond acceptors (Lipinski definition) is 3. The molecule has 0 radical (unpaired) electrons. The first kappa shape index (κ1) is 12.6.